The van der Waals surface area contributed by atoms with Crippen LogP contribution in [0.25, 0.3) is 0 Å². The van der Waals surface area contributed by atoms with Crippen LogP contribution >= 0.6 is 0 Å². The van der Waals surface area contributed by atoms with E-state index < -0.39 is 22.1 Å². The fourth-order valence-electron chi connectivity index (χ4n) is 3.23. The zero-order valence-corrected chi connectivity index (χ0v) is 18.5. The minimum atomic E-state index is -4.91. The Balaban J connectivity index is 1.80. The molecule has 1 heterocycles. The molecular weight excluding hydrogens is 465 g/mol. The van der Waals surface area contributed by atoms with Crippen LogP contribution in [0.15, 0.2) is 47.4 Å². The average Bonchev–Trinajstić information content (AvgIpc) is 2.73. The summed E-state index contributed by atoms with van der Waals surface area (Å²) in [5, 5.41) is 2.73. The predicted molar refractivity (Wildman–Crippen MR) is 114 cm³/mol. The number of hydrogen-bond acceptors (Lipinski definition) is 6. The van der Waals surface area contributed by atoms with Gasteiger partial charge >= 0.3 is 6.36 Å². The molecule has 8 nitrogen and oxygen atoms in total. The van der Waals surface area contributed by atoms with E-state index in [-0.39, 0.29) is 34.8 Å². The summed E-state index contributed by atoms with van der Waals surface area (Å²) in [5.41, 5.74) is 0.211. The maximum atomic E-state index is 12.9. The molecule has 0 saturated carbocycles. The standard InChI is InChI=1S/C21H23F3N2O6S/c1-2-31-18-12-15(25-20(27)14-5-4-10-30-13-14)8-9-19(18)33(28,29)26-16-6-3-7-17(11-16)32-21(22,23)24/h3,6-9,11-12,14,26H,2,4-5,10,13H2,1H3,(H,25,27). The number of nitrogens with one attached hydrogen (secondary N) is 2. The minimum Gasteiger partial charge on any atom is -0.492 e. The first-order valence-corrected chi connectivity index (χ1v) is 11.6. The summed E-state index contributed by atoms with van der Waals surface area (Å²) in [5.74, 6) is -1.14. The van der Waals surface area contributed by atoms with Crippen molar-refractivity contribution in [2.45, 2.75) is 31.0 Å². The van der Waals surface area contributed by atoms with Crippen molar-refractivity contribution in [3.8, 4) is 11.5 Å². The van der Waals surface area contributed by atoms with Gasteiger partial charge in [0.1, 0.15) is 16.4 Å². The molecule has 33 heavy (non-hydrogen) atoms. The highest BCUT2D eigenvalue weighted by atomic mass is 32.2. The van der Waals surface area contributed by atoms with E-state index in [2.05, 4.69) is 14.8 Å². The van der Waals surface area contributed by atoms with Gasteiger partial charge < -0.3 is 19.5 Å². The molecule has 1 atom stereocenters. The molecule has 1 unspecified atom stereocenters. The number of ether oxygens (including phenoxy) is 3. The van der Waals surface area contributed by atoms with Gasteiger partial charge in [-0.2, -0.15) is 0 Å². The SMILES string of the molecule is CCOc1cc(NC(=O)C2CCCOC2)ccc1S(=O)(=O)Nc1cccc(OC(F)(F)F)c1. The molecule has 0 aliphatic carbocycles. The molecule has 12 heteroatoms. The number of hydrogen-bond donors (Lipinski definition) is 2. The fourth-order valence-corrected chi connectivity index (χ4v) is 4.41. The van der Waals surface area contributed by atoms with E-state index in [1.165, 1.54) is 30.3 Å². The van der Waals surface area contributed by atoms with Gasteiger partial charge in [-0.25, -0.2) is 8.42 Å². The Morgan fingerprint density at radius 1 is 1.18 bits per heavy atom. The van der Waals surface area contributed by atoms with E-state index in [1.54, 1.807) is 6.92 Å². The highest BCUT2D eigenvalue weighted by Gasteiger charge is 2.31. The van der Waals surface area contributed by atoms with Crippen molar-refractivity contribution in [3.63, 3.8) is 0 Å². The zero-order chi connectivity index (χ0) is 24.1. The van der Waals surface area contributed by atoms with E-state index in [9.17, 15) is 26.4 Å². The number of sulfonamides is 1. The number of benzene rings is 2. The van der Waals surface area contributed by atoms with Crippen LogP contribution in [0.5, 0.6) is 11.5 Å². The summed E-state index contributed by atoms with van der Waals surface area (Å²) >= 11 is 0. The van der Waals surface area contributed by atoms with Crippen LogP contribution in [-0.2, 0) is 19.6 Å². The Bertz CT molecular complexity index is 1090. The van der Waals surface area contributed by atoms with Crippen LogP contribution in [0, 0.1) is 5.92 Å². The van der Waals surface area contributed by atoms with Crippen molar-refractivity contribution in [2.24, 2.45) is 5.92 Å². The van der Waals surface area contributed by atoms with Gasteiger partial charge in [0.15, 0.2) is 0 Å². The number of anilines is 2. The zero-order valence-electron chi connectivity index (χ0n) is 17.6. The number of carbonyl (C=O) groups is 1. The van der Waals surface area contributed by atoms with E-state index in [4.69, 9.17) is 9.47 Å². The van der Waals surface area contributed by atoms with Gasteiger partial charge in [-0.1, -0.05) is 6.07 Å². The van der Waals surface area contributed by atoms with Crippen LogP contribution in [0.4, 0.5) is 24.5 Å². The number of alkyl halides is 3. The Labute approximate surface area is 189 Å². The van der Waals surface area contributed by atoms with Crippen molar-refractivity contribution in [1.82, 2.24) is 0 Å². The van der Waals surface area contributed by atoms with Crippen molar-refractivity contribution < 1.29 is 40.6 Å². The molecule has 0 spiro atoms. The molecular formula is C21H23F3N2O6S. The molecule has 1 aliphatic rings. The van der Waals surface area contributed by atoms with E-state index >= 15 is 0 Å². The number of halogens is 3. The third kappa shape index (κ3) is 6.99. The van der Waals surface area contributed by atoms with Crippen LogP contribution in [0.1, 0.15) is 19.8 Å². The second kappa shape index (κ2) is 10.3. The maximum absolute atomic E-state index is 12.9. The first-order valence-electron chi connectivity index (χ1n) is 10.1. The molecule has 0 aromatic heterocycles. The lowest BCUT2D eigenvalue weighted by atomic mass is 10.0. The molecule has 3 rings (SSSR count). The Morgan fingerprint density at radius 3 is 2.64 bits per heavy atom. The van der Waals surface area contributed by atoms with Gasteiger partial charge in [0.2, 0.25) is 5.91 Å². The smallest absolute Gasteiger partial charge is 0.492 e. The predicted octanol–water partition coefficient (Wildman–Crippen LogP) is 4.15. The van der Waals surface area contributed by atoms with Crippen molar-refractivity contribution in [3.05, 3.63) is 42.5 Å². The van der Waals surface area contributed by atoms with Gasteiger partial charge in [0.25, 0.3) is 10.0 Å². The van der Waals surface area contributed by atoms with Crippen molar-refractivity contribution >= 4 is 27.3 Å². The summed E-state index contributed by atoms with van der Waals surface area (Å²) in [6.45, 7) is 2.73. The fraction of sp³-hybridized carbons (Fsp3) is 0.381. The van der Waals surface area contributed by atoms with E-state index in [0.717, 1.165) is 18.6 Å². The molecule has 0 bridgehead atoms. The number of amides is 1. The topological polar surface area (TPSA) is 103 Å². The molecule has 2 aromatic carbocycles. The molecule has 2 N–H and O–H groups in total. The minimum absolute atomic E-state index is 0.0228. The molecule has 180 valence electrons. The Kier molecular flexibility index (Phi) is 7.69. The summed E-state index contributed by atoms with van der Waals surface area (Å²) in [6.07, 6.45) is -3.44. The van der Waals surface area contributed by atoms with E-state index in [0.29, 0.717) is 25.3 Å². The van der Waals surface area contributed by atoms with Crippen LogP contribution in [-0.4, -0.2) is 40.5 Å². The van der Waals surface area contributed by atoms with Gasteiger partial charge in [0, 0.05) is 24.4 Å². The highest BCUT2D eigenvalue weighted by Crippen LogP contribution is 2.31. The van der Waals surface area contributed by atoms with Crippen LogP contribution in [0.3, 0.4) is 0 Å². The Morgan fingerprint density at radius 2 is 1.97 bits per heavy atom. The second-order valence-corrected chi connectivity index (χ2v) is 8.83. The lowest BCUT2D eigenvalue weighted by molar-refractivity contribution is -0.274. The number of carbonyl (C=O) groups excluding carboxylic acids is 1. The average molecular weight is 488 g/mol. The molecule has 1 amide bonds. The van der Waals surface area contributed by atoms with Gasteiger partial charge in [-0.05, 0) is 44.0 Å². The largest absolute Gasteiger partial charge is 0.573 e. The van der Waals surface area contributed by atoms with Crippen molar-refractivity contribution in [2.75, 3.05) is 29.9 Å². The third-order valence-electron chi connectivity index (χ3n) is 4.65. The molecule has 2 aromatic rings. The maximum Gasteiger partial charge on any atom is 0.573 e. The van der Waals surface area contributed by atoms with Crippen LogP contribution < -0.4 is 19.5 Å². The molecule has 1 aliphatic heterocycles. The normalized spacial score (nSPS) is 16.7. The summed E-state index contributed by atoms with van der Waals surface area (Å²) in [4.78, 5) is 12.2. The van der Waals surface area contributed by atoms with Crippen molar-refractivity contribution in [1.29, 1.82) is 0 Å². The van der Waals surface area contributed by atoms with Gasteiger partial charge in [0.05, 0.1) is 24.8 Å². The third-order valence-corrected chi connectivity index (χ3v) is 6.07. The first kappa shape index (κ1) is 24.6. The van der Waals surface area contributed by atoms with Gasteiger partial charge in [-0.3, -0.25) is 9.52 Å². The summed E-state index contributed by atoms with van der Waals surface area (Å²) < 4.78 is 80.0. The van der Waals surface area contributed by atoms with E-state index in [1.807, 2.05) is 0 Å². The lowest BCUT2D eigenvalue weighted by Gasteiger charge is -2.21. The van der Waals surface area contributed by atoms with Crippen LogP contribution in [0.2, 0.25) is 0 Å². The molecule has 0 radical (unpaired) electrons. The summed E-state index contributed by atoms with van der Waals surface area (Å²) in [6, 6.07) is 8.48. The quantitative estimate of drug-likeness (QED) is 0.579. The highest BCUT2D eigenvalue weighted by molar-refractivity contribution is 7.92. The lowest BCUT2D eigenvalue weighted by Crippen LogP contribution is -2.30. The monoisotopic (exact) mass is 488 g/mol. The first-order chi connectivity index (χ1) is 15.6. The molecule has 1 saturated heterocycles. The second-order valence-electron chi connectivity index (χ2n) is 7.18. The number of rotatable bonds is 8. The Hall–Kier alpha value is -2.99. The van der Waals surface area contributed by atoms with Gasteiger partial charge in [-0.15, -0.1) is 13.2 Å². The summed E-state index contributed by atoms with van der Waals surface area (Å²) in [7, 11) is -4.24. The molecule has 1 fully saturated rings.